The number of hydrogen-bond donors (Lipinski definition) is 1. The summed E-state index contributed by atoms with van der Waals surface area (Å²) < 4.78 is 11.0. The second-order valence-corrected chi connectivity index (χ2v) is 5.90. The van der Waals surface area contributed by atoms with Crippen LogP contribution in [0.3, 0.4) is 0 Å². The minimum Gasteiger partial charge on any atom is -0.484 e. The molecule has 0 aromatic heterocycles. The van der Waals surface area contributed by atoms with E-state index in [1.54, 1.807) is 0 Å². The van der Waals surface area contributed by atoms with E-state index < -0.39 is 0 Å². The van der Waals surface area contributed by atoms with E-state index in [1.165, 1.54) is 11.1 Å². The van der Waals surface area contributed by atoms with Crippen LogP contribution in [-0.2, 0) is 9.53 Å². The molecule has 1 aromatic rings. The molecule has 0 bridgehead atoms. The van der Waals surface area contributed by atoms with Crippen molar-refractivity contribution < 1.29 is 14.3 Å². The van der Waals surface area contributed by atoms with Gasteiger partial charge in [-0.1, -0.05) is 19.9 Å². The Morgan fingerprint density at radius 3 is 2.90 bits per heavy atom. The Balaban J connectivity index is 1.76. The lowest BCUT2D eigenvalue weighted by Crippen LogP contribution is -2.35. The lowest BCUT2D eigenvalue weighted by molar-refractivity contribution is -0.123. The average Bonchev–Trinajstić information content (AvgIpc) is 2.95. The summed E-state index contributed by atoms with van der Waals surface area (Å²) in [6, 6.07) is 5.98. The molecule has 1 N–H and O–H groups in total. The number of carbonyl (C=O) groups excluding carboxylic acids is 1. The van der Waals surface area contributed by atoms with Crippen molar-refractivity contribution in [1.82, 2.24) is 5.32 Å². The molecule has 1 saturated heterocycles. The first-order valence-electron chi connectivity index (χ1n) is 7.68. The Kier molecular flexibility index (Phi) is 5.62. The first kappa shape index (κ1) is 15.8. The largest absolute Gasteiger partial charge is 0.484 e. The average molecular weight is 291 g/mol. The lowest BCUT2D eigenvalue weighted by atomic mass is 9.98. The van der Waals surface area contributed by atoms with Gasteiger partial charge in [-0.15, -0.1) is 0 Å². The Morgan fingerprint density at radius 1 is 1.48 bits per heavy atom. The number of benzene rings is 1. The lowest BCUT2D eigenvalue weighted by Gasteiger charge is -2.13. The fourth-order valence-corrected chi connectivity index (χ4v) is 2.62. The van der Waals surface area contributed by atoms with E-state index in [9.17, 15) is 4.79 Å². The highest BCUT2D eigenvalue weighted by molar-refractivity contribution is 5.77. The fourth-order valence-electron chi connectivity index (χ4n) is 2.62. The van der Waals surface area contributed by atoms with Crippen molar-refractivity contribution in [3.63, 3.8) is 0 Å². The Labute approximate surface area is 126 Å². The normalized spacial score (nSPS) is 18.0. The molecule has 1 aliphatic rings. The highest BCUT2D eigenvalue weighted by atomic mass is 16.5. The van der Waals surface area contributed by atoms with Gasteiger partial charge in [0.15, 0.2) is 6.61 Å². The van der Waals surface area contributed by atoms with Crippen LogP contribution in [0, 0.1) is 6.92 Å². The van der Waals surface area contributed by atoms with Gasteiger partial charge in [0.1, 0.15) is 5.75 Å². The number of rotatable bonds is 6. The fraction of sp³-hybridized carbons (Fsp3) is 0.588. The summed E-state index contributed by atoms with van der Waals surface area (Å²) in [4.78, 5) is 11.7. The minimum absolute atomic E-state index is 0.0488. The number of ether oxygens (including phenoxy) is 2. The molecule has 2 rings (SSSR count). The molecule has 4 heteroatoms. The van der Waals surface area contributed by atoms with E-state index in [0.29, 0.717) is 12.5 Å². The topological polar surface area (TPSA) is 47.6 Å². The zero-order chi connectivity index (χ0) is 15.2. The maximum atomic E-state index is 11.7. The van der Waals surface area contributed by atoms with Gasteiger partial charge in [-0.3, -0.25) is 4.79 Å². The maximum absolute atomic E-state index is 11.7. The van der Waals surface area contributed by atoms with Crippen LogP contribution in [0.5, 0.6) is 5.75 Å². The molecule has 0 saturated carbocycles. The monoisotopic (exact) mass is 291 g/mol. The van der Waals surface area contributed by atoms with Crippen LogP contribution in [0.25, 0.3) is 0 Å². The van der Waals surface area contributed by atoms with Crippen LogP contribution in [0.2, 0.25) is 0 Å². The highest BCUT2D eigenvalue weighted by Gasteiger charge is 2.16. The van der Waals surface area contributed by atoms with Gasteiger partial charge in [-0.05, 0) is 48.9 Å². The SMILES string of the molecule is Cc1cc(OCC(=O)NC[C@H]2CCCO2)ccc1C(C)C. The van der Waals surface area contributed by atoms with Gasteiger partial charge in [-0.25, -0.2) is 0 Å². The summed E-state index contributed by atoms with van der Waals surface area (Å²) in [6.07, 6.45) is 2.27. The smallest absolute Gasteiger partial charge is 0.258 e. The van der Waals surface area contributed by atoms with Crippen LogP contribution in [0.1, 0.15) is 43.7 Å². The van der Waals surface area contributed by atoms with Crippen LogP contribution in [-0.4, -0.2) is 31.8 Å². The van der Waals surface area contributed by atoms with Gasteiger partial charge >= 0.3 is 0 Å². The molecule has 1 amide bonds. The molecule has 0 unspecified atom stereocenters. The van der Waals surface area contributed by atoms with Crippen LogP contribution in [0.15, 0.2) is 18.2 Å². The Bertz CT molecular complexity index is 479. The van der Waals surface area contributed by atoms with Crippen molar-refractivity contribution in [2.24, 2.45) is 0 Å². The molecule has 0 aliphatic carbocycles. The van der Waals surface area contributed by atoms with Gasteiger partial charge in [0.2, 0.25) is 0 Å². The van der Waals surface area contributed by atoms with Crippen LogP contribution in [0.4, 0.5) is 0 Å². The third-order valence-electron chi connectivity index (χ3n) is 3.78. The molecule has 0 spiro atoms. The van der Waals surface area contributed by atoms with Crippen molar-refractivity contribution in [2.45, 2.75) is 45.6 Å². The van der Waals surface area contributed by atoms with Gasteiger partial charge in [0.25, 0.3) is 5.91 Å². The summed E-state index contributed by atoms with van der Waals surface area (Å²) >= 11 is 0. The molecule has 1 heterocycles. The zero-order valence-corrected chi connectivity index (χ0v) is 13.1. The van der Waals surface area contributed by atoms with E-state index in [-0.39, 0.29) is 18.6 Å². The number of carbonyl (C=O) groups is 1. The molecule has 1 aromatic carbocycles. The second-order valence-electron chi connectivity index (χ2n) is 5.90. The van der Waals surface area contributed by atoms with Crippen molar-refractivity contribution in [1.29, 1.82) is 0 Å². The Hall–Kier alpha value is -1.55. The quantitative estimate of drug-likeness (QED) is 0.876. The van der Waals surface area contributed by atoms with E-state index in [0.717, 1.165) is 25.2 Å². The van der Waals surface area contributed by atoms with E-state index in [1.807, 2.05) is 12.1 Å². The van der Waals surface area contributed by atoms with Crippen molar-refractivity contribution in [3.05, 3.63) is 29.3 Å². The third-order valence-corrected chi connectivity index (χ3v) is 3.78. The van der Waals surface area contributed by atoms with Gasteiger partial charge < -0.3 is 14.8 Å². The first-order chi connectivity index (χ1) is 10.1. The Morgan fingerprint density at radius 2 is 2.29 bits per heavy atom. The predicted octanol–water partition coefficient (Wildman–Crippen LogP) is 2.79. The summed E-state index contributed by atoms with van der Waals surface area (Å²) in [5.41, 5.74) is 2.51. The number of hydrogen-bond acceptors (Lipinski definition) is 3. The minimum atomic E-state index is -0.101. The van der Waals surface area contributed by atoms with Gasteiger partial charge in [-0.2, -0.15) is 0 Å². The van der Waals surface area contributed by atoms with E-state index >= 15 is 0 Å². The molecular weight excluding hydrogens is 266 g/mol. The van der Waals surface area contributed by atoms with E-state index in [4.69, 9.17) is 9.47 Å². The molecular formula is C17H25NO3. The highest BCUT2D eigenvalue weighted by Crippen LogP contribution is 2.23. The zero-order valence-electron chi connectivity index (χ0n) is 13.1. The van der Waals surface area contributed by atoms with Crippen molar-refractivity contribution in [3.8, 4) is 5.75 Å². The number of aryl methyl sites for hydroxylation is 1. The molecule has 21 heavy (non-hydrogen) atoms. The van der Waals surface area contributed by atoms with Crippen LogP contribution < -0.4 is 10.1 Å². The van der Waals surface area contributed by atoms with Crippen molar-refractivity contribution in [2.75, 3.05) is 19.8 Å². The molecule has 4 nitrogen and oxygen atoms in total. The van der Waals surface area contributed by atoms with Crippen molar-refractivity contribution >= 4 is 5.91 Å². The summed E-state index contributed by atoms with van der Waals surface area (Å²) in [5.74, 6) is 1.13. The standard InChI is InChI=1S/C17H25NO3/c1-12(2)16-7-6-14(9-13(16)3)21-11-17(19)18-10-15-5-4-8-20-15/h6-7,9,12,15H,4-5,8,10-11H2,1-3H3,(H,18,19)/t15-/m1/s1. The number of amides is 1. The first-order valence-corrected chi connectivity index (χ1v) is 7.68. The molecule has 116 valence electrons. The predicted molar refractivity (Wildman–Crippen MR) is 82.7 cm³/mol. The summed E-state index contributed by atoms with van der Waals surface area (Å²) in [5, 5.41) is 2.85. The maximum Gasteiger partial charge on any atom is 0.258 e. The molecule has 1 atom stereocenters. The van der Waals surface area contributed by atoms with Gasteiger partial charge in [0, 0.05) is 13.2 Å². The summed E-state index contributed by atoms with van der Waals surface area (Å²) in [7, 11) is 0. The number of nitrogens with one attached hydrogen (secondary N) is 1. The molecule has 1 aliphatic heterocycles. The third kappa shape index (κ3) is 4.74. The van der Waals surface area contributed by atoms with Crippen LogP contribution >= 0.6 is 0 Å². The molecule has 1 fully saturated rings. The second kappa shape index (κ2) is 7.46. The summed E-state index contributed by atoms with van der Waals surface area (Å²) in [6.45, 7) is 7.84. The van der Waals surface area contributed by atoms with Gasteiger partial charge in [0.05, 0.1) is 6.10 Å². The molecule has 0 radical (unpaired) electrons. The van der Waals surface area contributed by atoms with E-state index in [2.05, 4.69) is 32.2 Å².